The predicted molar refractivity (Wildman–Crippen MR) is 24.9 cm³/mol. The molecule has 8 heavy (non-hydrogen) atoms. The molecule has 0 bridgehead atoms. The van der Waals surface area contributed by atoms with Gasteiger partial charge < -0.3 is 4.74 Å². The summed E-state index contributed by atoms with van der Waals surface area (Å²) in [5, 5.41) is 0. The maximum atomic E-state index is 12.1. The molecule has 0 radical (unpaired) electrons. The molecule has 3 heteroatoms. The van der Waals surface area contributed by atoms with Crippen LogP contribution in [0.25, 0.3) is 0 Å². The SMILES string of the molecule is FCC1CCOC1F. The van der Waals surface area contributed by atoms with Gasteiger partial charge in [0.2, 0.25) is 6.36 Å². The van der Waals surface area contributed by atoms with Gasteiger partial charge >= 0.3 is 0 Å². The average Bonchev–Trinajstić information content (AvgIpc) is 2.14. The molecule has 0 N–H and O–H groups in total. The molecule has 1 aliphatic heterocycles. The molecule has 2 atom stereocenters. The third-order valence-electron chi connectivity index (χ3n) is 1.33. The van der Waals surface area contributed by atoms with Crippen LogP contribution in [-0.4, -0.2) is 19.6 Å². The van der Waals surface area contributed by atoms with E-state index in [1.54, 1.807) is 0 Å². The fourth-order valence-electron chi connectivity index (χ4n) is 0.746. The lowest BCUT2D eigenvalue weighted by Crippen LogP contribution is -2.10. The van der Waals surface area contributed by atoms with E-state index in [0.29, 0.717) is 13.0 Å². The van der Waals surface area contributed by atoms with E-state index in [1.807, 2.05) is 0 Å². The van der Waals surface area contributed by atoms with Crippen molar-refractivity contribution in [2.24, 2.45) is 5.92 Å². The number of halogens is 2. The zero-order valence-corrected chi connectivity index (χ0v) is 4.44. The minimum Gasteiger partial charge on any atom is -0.348 e. The van der Waals surface area contributed by atoms with E-state index in [-0.39, 0.29) is 0 Å². The second-order valence-electron chi connectivity index (χ2n) is 1.93. The molecule has 0 amide bonds. The maximum absolute atomic E-state index is 12.1. The van der Waals surface area contributed by atoms with Crippen LogP contribution in [0.5, 0.6) is 0 Å². The Balaban J connectivity index is 2.30. The second kappa shape index (κ2) is 2.40. The second-order valence-corrected chi connectivity index (χ2v) is 1.93. The monoisotopic (exact) mass is 122 g/mol. The van der Waals surface area contributed by atoms with E-state index in [4.69, 9.17) is 0 Å². The van der Waals surface area contributed by atoms with Crippen LogP contribution >= 0.6 is 0 Å². The molecule has 1 nitrogen and oxygen atoms in total. The number of ether oxygens (including phenoxy) is 1. The summed E-state index contributed by atoms with van der Waals surface area (Å²) < 4.78 is 28.2. The van der Waals surface area contributed by atoms with E-state index in [9.17, 15) is 8.78 Å². The van der Waals surface area contributed by atoms with E-state index in [2.05, 4.69) is 4.74 Å². The van der Waals surface area contributed by atoms with Crippen molar-refractivity contribution >= 4 is 0 Å². The summed E-state index contributed by atoms with van der Waals surface area (Å²) in [6, 6.07) is 0. The lowest BCUT2D eigenvalue weighted by molar-refractivity contribution is -0.0189. The van der Waals surface area contributed by atoms with E-state index < -0.39 is 19.0 Å². The molecule has 1 fully saturated rings. The normalized spacial score (nSPS) is 38.2. The third kappa shape index (κ3) is 0.968. The Bertz CT molecular complexity index is 76.8. The first-order chi connectivity index (χ1) is 3.84. The number of hydrogen-bond donors (Lipinski definition) is 0. The Kier molecular flexibility index (Phi) is 1.78. The van der Waals surface area contributed by atoms with Crippen molar-refractivity contribution in [1.82, 2.24) is 0 Å². The van der Waals surface area contributed by atoms with Crippen molar-refractivity contribution in [2.75, 3.05) is 13.3 Å². The van der Waals surface area contributed by atoms with E-state index in [0.717, 1.165) is 0 Å². The summed E-state index contributed by atoms with van der Waals surface area (Å²) in [5.74, 6) is -0.491. The molecule has 0 spiro atoms. The van der Waals surface area contributed by atoms with Crippen LogP contribution in [0.4, 0.5) is 8.78 Å². The van der Waals surface area contributed by atoms with Gasteiger partial charge in [0.05, 0.1) is 13.3 Å². The summed E-state index contributed by atoms with van der Waals surface area (Å²) in [6.45, 7) is -0.225. The predicted octanol–water partition coefficient (Wildman–Crippen LogP) is 1.29. The molecule has 1 heterocycles. The van der Waals surface area contributed by atoms with Gasteiger partial charge in [-0.25, -0.2) is 4.39 Å². The molecule has 0 aliphatic carbocycles. The first-order valence-electron chi connectivity index (χ1n) is 2.66. The summed E-state index contributed by atoms with van der Waals surface area (Å²) >= 11 is 0. The zero-order valence-electron chi connectivity index (χ0n) is 4.44. The number of hydrogen-bond acceptors (Lipinski definition) is 1. The van der Waals surface area contributed by atoms with Crippen molar-refractivity contribution in [3.05, 3.63) is 0 Å². The van der Waals surface area contributed by atoms with Gasteiger partial charge in [-0.2, -0.15) is 0 Å². The number of alkyl halides is 2. The standard InChI is InChI=1S/C5H8F2O/c6-3-4-1-2-8-5(4)7/h4-5H,1-3H2. The highest BCUT2D eigenvalue weighted by atomic mass is 19.2. The Labute approximate surface area is 46.6 Å². The smallest absolute Gasteiger partial charge is 0.204 e. The summed E-state index contributed by atoms with van der Waals surface area (Å²) in [4.78, 5) is 0. The summed E-state index contributed by atoms with van der Waals surface area (Å²) in [6.07, 6.45) is -0.822. The third-order valence-corrected chi connectivity index (χ3v) is 1.33. The largest absolute Gasteiger partial charge is 0.348 e. The highest BCUT2D eigenvalue weighted by molar-refractivity contribution is 4.66. The van der Waals surface area contributed by atoms with Crippen LogP contribution < -0.4 is 0 Å². The Morgan fingerprint density at radius 2 is 2.38 bits per heavy atom. The van der Waals surface area contributed by atoms with Gasteiger partial charge in [0.15, 0.2) is 0 Å². The van der Waals surface area contributed by atoms with Gasteiger partial charge in [-0.1, -0.05) is 0 Å². The van der Waals surface area contributed by atoms with Gasteiger partial charge in [0.25, 0.3) is 0 Å². The van der Waals surface area contributed by atoms with Crippen molar-refractivity contribution in [3.63, 3.8) is 0 Å². The van der Waals surface area contributed by atoms with Gasteiger partial charge in [-0.3, -0.25) is 4.39 Å². The van der Waals surface area contributed by atoms with Crippen molar-refractivity contribution in [3.8, 4) is 0 Å². The lowest BCUT2D eigenvalue weighted by atomic mass is 10.1. The average molecular weight is 122 g/mol. The first kappa shape index (κ1) is 5.95. The molecule has 0 aromatic heterocycles. The fourth-order valence-corrected chi connectivity index (χ4v) is 0.746. The van der Waals surface area contributed by atoms with Crippen LogP contribution in [0.1, 0.15) is 6.42 Å². The Hall–Kier alpha value is -0.180. The number of rotatable bonds is 1. The van der Waals surface area contributed by atoms with Crippen molar-refractivity contribution in [1.29, 1.82) is 0 Å². The van der Waals surface area contributed by atoms with Crippen LogP contribution in [-0.2, 0) is 4.74 Å². The highest BCUT2D eigenvalue weighted by Gasteiger charge is 2.27. The quantitative estimate of drug-likeness (QED) is 0.509. The van der Waals surface area contributed by atoms with E-state index in [1.165, 1.54) is 0 Å². The molecule has 1 saturated heterocycles. The zero-order chi connectivity index (χ0) is 5.98. The Morgan fingerprint density at radius 1 is 1.62 bits per heavy atom. The van der Waals surface area contributed by atoms with Crippen LogP contribution in [0.15, 0.2) is 0 Å². The van der Waals surface area contributed by atoms with E-state index >= 15 is 0 Å². The van der Waals surface area contributed by atoms with Gasteiger partial charge in [0, 0.05) is 5.92 Å². The van der Waals surface area contributed by atoms with Crippen LogP contribution in [0.2, 0.25) is 0 Å². The molecule has 1 aliphatic rings. The topological polar surface area (TPSA) is 9.23 Å². The lowest BCUT2D eigenvalue weighted by Gasteiger charge is -2.02. The molecule has 48 valence electrons. The molecule has 2 unspecified atom stereocenters. The maximum Gasteiger partial charge on any atom is 0.204 e. The first-order valence-corrected chi connectivity index (χ1v) is 2.66. The van der Waals surface area contributed by atoms with Crippen LogP contribution in [0, 0.1) is 5.92 Å². The molecule has 0 aromatic rings. The molecular formula is C5H8F2O. The van der Waals surface area contributed by atoms with Crippen LogP contribution in [0.3, 0.4) is 0 Å². The fraction of sp³-hybridized carbons (Fsp3) is 1.00. The Morgan fingerprint density at radius 3 is 2.62 bits per heavy atom. The van der Waals surface area contributed by atoms with Gasteiger partial charge in [-0.15, -0.1) is 0 Å². The van der Waals surface area contributed by atoms with Crippen molar-refractivity contribution < 1.29 is 13.5 Å². The summed E-state index contributed by atoms with van der Waals surface area (Å²) in [7, 11) is 0. The summed E-state index contributed by atoms with van der Waals surface area (Å²) in [5.41, 5.74) is 0. The molecular weight excluding hydrogens is 114 g/mol. The molecule has 1 rings (SSSR count). The van der Waals surface area contributed by atoms with Gasteiger partial charge in [-0.05, 0) is 6.42 Å². The minimum absolute atomic E-state index is 0.371. The molecule has 0 aromatic carbocycles. The minimum atomic E-state index is -1.35. The highest BCUT2D eigenvalue weighted by Crippen LogP contribution is 2.21. The van der Waals surface area contributed by atoms with Crippen molar-refractivity contribution in [2.45, 2.75) is 12.8 Å². The molecule has 0 saturated carbocycles. The van der Waals surface area contributed by atoms with Gasteiger partial charge in [0.1, 0.15) is 0 Å².